The molecule has 1 N–H and O–H groups in total. The zero-order valence-corrected chi connectivity index (χ0v) is 15.6. The molecule has 1 heterocycles. The second kappa shape index (κ2) is 8.90. The number of hydrogen-bond donors (Lipinski definition) is 1. The molecule has 0 aliphatic heterocycles. The van der Waals surface area contributed by atoms with E-state index in [1.165, 1.54) is 35.1 Å². The van der Waals surface area contributed by atoms with Crippen molar-refractivity contribution in [3.63, 3.8) is 0 Å². The van der Waals surface area contributed by atoms with Crippen molar-refractivity contribution in [2.45, 2.75) is 13.3 Å². The summed E-state index contributed by atoms with van der Waals surface area (Å²) in [6.07, 6.45) is 1.53. The van der Waals surface area contributed by atoms with Crippen molar-refractivity contribution in [3.05, 3.63) is 70.5 Å². The number of nitrogens with one attached hydrogen (secondary N) is 1. The van der Waals surface area contributed by atoms with Crippen molar-refractivity contribution in [1.82, 2.24) is 9.78 Å². The van der Waals surface area contributed by atoms with Gasteiger partial charge in [-0.3, -0.25) is 4.79 Å². The van der Waals surface area contributed by atoms with Gasteiger partial charge < -0.3 is 14.8 Å². The molecule has 0 unspecified atom stereocenters. The van der Waals surface area contributed by atoms with Crippen LogP contribution >= 0.6 is 23.2 Å². The van der Waals surface area contributed by atoms with Crippen molar-refractivity contribution in [2.24, 2.45) is 0 Å². The van der Waals surface area contributed by atoms with Crippen molar-refractivity contribution in [2.75, 3.05) is 5.32 Å². The molecule has 0 aliphatic carbocycles. The van der Waals surface area contributed by atoms with Gasteiger partial charge in [-0.25, -0.2) is 4.68 Å². The fraction of sp³-hybridized carbons (Fsp3) is 0.111. The SMILES string of the molecule is O=C(Nc1ccccc1OC(F)F)c1ccn(COc2ccc(Cl)cc2Cl)n1. The zero-order valence-electron chi connectivity index (χ0n) is 14.1. The van der Waals surface area contributed by atoms with Gasteiger partial charge in [0.15, 0.2) is 12.4 Å². The number of nitrogens with zero attached hydrogens (tertiary/aromatic N) is 2. The number of carbonyl (C=O) groups excluding carboxylic acids is 1. The maximum absolute atomic E-state index is 12.5. The van der Waals surface area contributed by atoms with E-state index in [0.717, 1.165) is 0 Å². The smallest absolute Gasteiger partial charge is 0.387 e. The summed E-state index contributed by atoms with van der Waals surface area (Å²) in [5.41, 5.74) is 0.171. The number of amides is 1. The lowest BCUT2D eigenvalue weighted by Crippen LogP contribution is -2.15. The Morgan fingerprint density at radius 2 is 1.93 bits per heavy atom. The molecule has 0 spiro atoms. The first-order chi connectivity index (χ1) is 13.4. The summed E-state index contributed by atoms with van der Waals surface area (Å²) < 4.78 is 36.2. The van der Waals surface area contributed by atoms with E-state index < -0.39 is 12.5 Å². The van der Waals surface area contributed by atoms with Gasteiger partial charge in [-0.1, -0.05) is 35.3 Å². The van der Waals surface area contributed by atoms with E-state index in [1.54, 1.807) is 24.3 Å². The van der Waals surface area contributed by atoms with E-state index in [4.69, 9.17) is 27.9 Å². The van der Waals surface area contributed by atoms with Crippen LogP contribution < -0.4 is 14.8 Å². The highest BCUT2D eigenvalue weighted by atomic mass is 35.5. The second-order valence-corrected chi connectivity index (χ2v) is 6.26. The molecule has 0 fully saturated rings. The van der Waals surface area contributed by atoms with Crippen LogP contribution in [0.5, 0.6) is 11.5 Å². The summed E-state index contributed by atoms with van der Waals surface area (Å²) in [7, 11) is 0. The number of ether oxygens (including phenoxy) is 2. The molecule has 0 bridgehead atoms. The van der Waals surface area contributed by atoms with Gasteiger partial charge in [0.2, 0.25) is 0 Å². The zero-order chi connectivity index (χ0) is 20.1. The van der Waals surface area contributed by atoms with Crippen LogP contribution in [0.1, 0.15) is 10.5 Å². The fourth-order valence-electron chi connectivity index (χ4n) is 2.24. The molecule has 28 heavy (non-hydrogen) atoms. The maximum Gasteiger partial charge on any atom is 0.387 e. The number of anilines is 1. The highest BCUT2D eigenvalue weighted by Crippen LogP contribution is 2.28. The minimum Gasteiger partial charge on any atom is -0.470 e. The Balaban J connectivity index is 1.64. The number of aromatic nitrogens is 2. The normalized spacial score (nSPS) is 10.8. The van der Waals surface area contributed by atoms with E-state index in [9.17, 15) is 13.6 Å². The second-order valence-electron chi connectivity index (χ2n) is 5.42. The van der Waals surface area contributed by atoms with Crippen molar-refractivity contribution >= 4 is 34.8 Å². The van der Waals surface area contributed by atoms with Gasteiger partial charge in [0.25, 0.3) is 5.91 Å². The molecule has 146 valence electrons. The average molecular weight is 428 g/mol. The van der Waals surface area contributed by atoms with Gasteiger partial charge in [0.1, 0.15) is 11.5 Å². The largest absolute Gasteiger partial charge is 0.470 e. The summed E-state index contributed by atoms with van der Waals surface area (Å²) in [5, 5.41) is 7.38. The molecule has 3 aromatic rings. The standard InChI is InChI=1S/C18H13Cl2F2N3O3/c19-11-5-6-15(12(20)9-11)27-10-25-8-7-14(24-25)17(26)23-13-3-1-2-4-16(13)28-18(21)22/h1-9,18H,10H2,(H,23,26). The Labute approximate surface area is 168 Å². The average Bonchev–Trinajstić information content (AvgIpc) is 3.11. The highest BCUT2D eigenvalue weighted by Gasteiger charge is 2.15. The van der Waals surface area contributed by atoms with Crippen LogP contribution in [-0.2, 0) is 6.73 Å². The maximum atomic E-state index is 12.5. The quantitative estimate of drug-likeness (QED) is 0.570. The van der Waals surface area contributed by atoms with Crippen molar-refractivity contribution in [3.8, 4) is 11.5 Å². The number of halogens is 4. The van der Waals surface area contributed by atoms with Gasteiger partial charge in [-0.15, -0.1) is 0 Å². The molecule has 0 aliphatic rings. The first kappa shape index (κ1) is 19.9. The third-order valence-corrected chi connectivity index (χ3v) is 4.00. The van der Waals surface area contributed by atoms with Crippen LogP contribution in [0.4, 0.5) is 14.5 Å². The van der Waals surface area contributed by atoms with E-state index >= 15 is 0 Å². The first-order valence-corrected chi connectivity index (χ1v) is 8.64. The minimum atomic E-state index is -3.01. The lowest BCUT2D eigenvalue weighted by atomic mass is 10.3. The summed E-state index contributed by atoms with van der Waals surface area (Å²) >= 11 is 11.8. The summed E-state index contributed by atoms with van der Waals surface area (Å²) in [5.74, 6) is -0.328. The Hall–Kier alpha value is -2.84. The molecule has 0 atom stereocenters. The Morgan fingerprint density at radius 3 is 2.68 bits per heavy atom. The van der Waals surface area contributed by atoms with Crippen LogP contribution in [0.3, 0.4) is 0 Å². The lowest BCUT2D eigenvalue weighted by Gasteiger charge is -2.11. The molecular weight excluding hydrogens is 415 g/mol. The number of para-hydroxylation sites is 2. The van der Waals surface area contributed by atoms with Gasteiger partial charge in [0.05, 0.1) is 10.7 Å². The van der Waals surface area contributed by atoms with Crippen molar-refractivity contribution in [1.29, 1.82) is 0 Å². The summed E-state index contributed by atoms with van der Waals surface area (Å²) in [6.45, 7) is -3.01. The molecule has 1 amide bonds. The molecule has 0 saturated carbocycles. The van der Waals surface area contributed by atoms with Crippen LogP contribution in [0.15, 0.2) is 54.7 Å². The van der Waals surface area contributed by atoms with Crippen LogP contribution in [0.2, 0.25) is 10.0 Å². The molecule has 0 saturated heterocycles. The number of alkyl halides is 2. The van der Waals surface area contributed by atoms with Gasteiger partial charge in [-0.2, -0.15) is 13.9 Å². The Kier molecular flexibility index (Phi) is 6.33. The molecule has 10 heteroatoms. The number of benzene rings is 2. The predicted octanol–water partition coefficient (Wildman–Crippen LogP) is 5.08. The number of rotatable bonds is 7. The third-order valence-electron chi connectivity index (χ3n) is 3.47. The Morgan fingerprint density at radius 1 is 1.14 bits per heavy atom. The minimum absolute atomic E-state index is 0.000285. The first-order valence-electron chi connectivity index (χ1n) is 7.89. The summed E-state index contributed by atoms with van der Waals surface area (Å²) in [4.78, 5) is 12.3. The van der Waals surface area contributed by atoms with E-state index in [1.807, 2.05) is 0 Å². The van der Waals surface area contributed by atoms with Crippen LogP contribution in [0.25, 0.3) is 0 Å². The molecule has 3 rings (SSSR count). The van der Waals surface area contributed by atoms with E-state index in [-0.39, 0.29) is 23.9 Å². The van der Waals surface area contributed by atoms with Gasteiger partial charge >= 0.3 is 6.61 Å². The van der Waals surface area contributed by atoms with Crippen molar-refractivity contribution < 1.29 is 23.0 Å². The molecule has 1 aromatic heterocycles. The van der Waals surface area contributed by atoms with Crippen LogP contribution in [0, 0.1) is 0 Å². The van der Waals surface area contributed by atoms with Gasteiger partial charge in [0, 0.05) is 11.2 Å². The highest BCUT2D eigenvalue weighted by molar-refractivity contribution is 6.35. The van der Waals surface area contributed by atoms with E-state index in [2.05, 4.69) is 15.2 Å². The fourth-order valence-corrected chi connectivity index (χ4v) is 2.70. The molecule has 0 radical (unpaired) electrons. The topological polar surface area (TPSA) is 65.4 Å². The monoisotopic (exact) mass is 427 g/mol. The van der Waals surface area contributed by atoms with Gasteiger partial charge in [-0.05, 0) is 36.4 Å². The predicted molar refractivity (Wildman–Crippen MR) is 100 cm³/mol. The number of carbonyl (C=O) groups is 1. The molecule has 2 aromatic carbocycles. The molecule has 6 nitrogen and oxygen atoms in total. The third kappa shape index (κ3) is 5.11. The van der Waals surface area contributed by atoms with E-state index in [0.29, 0.717) is 15.8 Å². The Bertz CT molecular complexity index is 982. The number of hydrogen-bond acceptors (Lipinski definition) is 4. The molecular formula is C18H13Cl2F2N3O3. The lowest BCUT2D eigenvalue weighted by molar-refractivity contribution is -0.0493. The van der Waals surface area contributed by atoms with Crippen LogP contribution in [-0.4, -0.2) is 22.3 Å². The summed E-state index contributed by atoms with van der Waals surface area (Å²) in [6, 6.07) is 12.1.